The zero-order valence-electron chi connectivity index (χ0n) is 13.6. The molecule has 0 radical (unpaired) electrons. The van der Waals surface area contributed by atoms with Crippen molar-refractivity contribution in [3.8, 4) is 0 Å². The van der Waals surface area contributed by atoms with Crippen molar-refractivity contribution >= 4 is 34.5 Å². The molecule has 1 unspecified atom stereocenters. The van der Waals surface area contributed by atoms with Crippen LogP contribution in [0.4, 0.5) is 17.2 Å². The molecule has 2 aromatic rings. The molecule has 0 saturated carbocycles. The van der Waals surface area contributed by atoms with Crippen LogP contribution in [0.1, 0.15) is 17.9 Å². The molecule has 8 nitrogen and oxygen atoms in total. The SMILES string of the molecule is O=[N+]([O-])c1ccc(NN=C2CCNC=C3Nc4ccc(Cl)cc4C32)nc1. The van der Waals surface area contributed by atoms with Crippen LogP contribution in [-0.4, -0.2) is 22.2 Å². The summed E-state index contributed by atoms with van der Waals surface area (Å²) in [6.45, 7) is 0.756. The molecule has 0 amide bonds. The van der Waals surface area contributed by atoms with Gasteiger partial charge >= 0.3 is 0 Å². The number of nitrogens with one attached hydrogen (secondary N) is 3. The zero-order valence-corrected chi connectivity index (χ0v) is 14.3. The minimum atomic E-state index is -0.485. The number of rotatable bonds is 3. The van der Waals surface area contributed by atoms with E-state index >= 15 is 0 Å². The van der Waals surface area contributed by atoms with Gasteiger partial charge in [-0.15, -0.1) is 0 Å². The fraction of sp³-hybridized carbons (Fsp3) is 0.176. The number of hydrazone groups is 1. The van der Waals surface area contributed by atoms with Gasteiger partial charge in [0.15, 0.2) is 0 Å². The summed E-state index contributed by atoms with van der Waals surface area (Å²) in [7, 11) is 0. The first kappa shape index (κ1) is 16.3. The van der Waals surface area contributed by atoms with E-state index in [0.29, 0.717) is 10.8 Å². The number of anilines is 2. The van der Waals surface area contributed by atoms with Crippen molar-refractivity contribution in [2.75, 3.05) is 17.3 Å². The van der Waals surface area contributed by atoms with Crippen molar-refractivity contribution in [1.82, 2.24) is 10.3 Å². The van der Waals surface area contributed by atoms with E-state index in [4.69, 9.17) is 11.6 Å². The normalized spacial score (nSPS) is 19.5. The van der Waals surface area contributed by atoms with E-state index in [0.717, 1.165) is 35.6 Å². The van der Waals surface area contributed by atoms with E-state index in [-0.39, 0.29) is 11.6 Å². The molecule has 0 aliphatic carbocycles. The molecule has 9 heteroatoms. The maximum absolute atomic E-state index is 10.7. The monoisotopic (exact) mass is 370 g/mol. The average Bonchev–Trinajstić information content (AvgIpc) is 2.86. The lowest BCUT2D eigenvalue weighted by Gasteiger charge is -2.13. The van der Waals surface area contributed by atoms with Crippen molar-refractivity contribution in [1.29, 1.82) is 0 Å². The van der Waals surface area contributed by atoms with Crippen LogP contribution in [0.25, 0.3) is 0 Å². The summed E-state index contributed by atoms with van der Waals surface area (Å²) in [5.41, 5.74) is 6.87. The molecule has 1 aromatic heterocycles. The molecule has 0 bridgehead atoms. The van der Waals surface area contributed by atoms with Gasteiger partial charge < -0.3 is 10.6 Å². The Morgan fingerprint density at radius 1 is 1.35 bits per heavy atom. The fourth-order valence-electron chi connectivity index (χ4n) is 3.10. The van der Waals surface area contributed by atoms with Gasteiger partial charge in [-0.1, -0.05) is 11.6 Å². The van der Waals surface area contributed by atoms with Crippen molar-refractivity contribution in [2.24, 2.45) is 5.10 Å². The summed E-state index contributed by atoms with van der Waals surface area (Å²) in [5.74, 6) is 0.423. The molecule has 1 aromatic carbocycles. The number of benzene rings is 1. The highest BCUT2D eigenvalue weighted by atomic mass is 35.5. The third-order valence-corrected chi connectivity index (χ3v) is 4.54. The van der Waals surface area contributed by atoms with Gasteiger partial charge in [-0.2, -0.15) is 5.10 Å². The molecule has 0 saturated heterocycles. The molecule has 1 atom stereocenters. The van der Waals surface area contributed by atoms with Crippen LogP contribution in [0, 0.1) is 10.1 Å². The van der Waals surface area contributed by atoms with Gasteiger partial charge in [-0.05, 0) is 29.8 Å². The van der Waals surface area contributed by atoms with Gasteiger partial charge in [-0.25, -0.2) is 4.98 Å². The molecule has 0 spiro atoms. The van der Waals surface area contributed by atoms with E-state index < -0.39 is 4.92 Å². The average molecular weight is 371 g/mol. The number of nitro groups is 1. The fourth-order valence-corrected chi connectivity index (χ4v) is 3.28. The third-order valence-electron chi connectivity index (χ3n) is 4.30. The first-order valence-electron chi connectivity index (χ1n) is 8.04. The highest BCUT2D eigenvalue weighted by Gasteiger charge is 2.32. The second-order valence-corrected chi connectivity index (χ2v) is 6.40. The topological polar surface area (TPSA) is 104 Å². The Morgan fingerprint density at radius 2 is 2.23 bits per heavy atom. The Bertz CT molecular complexity index is 925. The van der Waals surface area contributed by atoms with Crippen LogP contribution in [0.2, 0.25) is 5.02 Å². The summed E-state index contributed by atoms with van der Waals surface area (Å²) in [6.07, 6.45) is 3.90. The smallest absolute Gasteiger partial charge is 0.287 e. The lowest BCUT2D eigenvalue weighted by Crippen LogP contribution is -2.15. The molecule has 26 heavy (non-hydrogen) atoms. The van der Waals surface area contributed by atoms with E-state index in [1.165, 1.54) is 18.3 Å². The minimum Gasteiger partial charge on any atom is -0.389 e. The van der Waals surface area contributed by atoms with Crippen LogP contribution in [-0.2, 0) is 0 Å². The summed E-state index contributed by atoms with van der Waals surface area (Å²) in [5, 5.41) is 22.6. The first-order valence-corrected chi connectivity index (χ1v) is 8.42. The summed E-state index contributed by atoms with van der Waals surface area (Å²) in [6, 6.07) is 8.67. The summed E-state index contributed by atoms with van der Waals surface area (Å²) >= 11 is 6.17. The Morgan fingerprint density at radius 3 is 3.00 bits per heavy atom. The third kappa shape index (κ3) is 3.06. The number of halogens is 1. The van der Waals surface area contributed by atoms with Gasteiger partial charge in [0, 0.05) is 41.6 Å². The quantitative estimate of drug-likeness (QED) is 0.564. The lowest BCUT2D eigenvalue weighted by molar-refractivity contribution is -0.385. The zero-order chi connectivity index (χ0) is 18.1. The highest BCUT2D eigenvalue weighted by Crippen LogP contribution is 2.41. The van der Waals surface area contributed by atoms with Gasteiger partial charge in [0.05, 0.1) is 16.6 Å². The number of allylic oxidation sites excluding steroid dienone is 1. The van der Waals surface area contributed by atoms with E-state index in [1.54, 1.807) is 0 Å². The van der Waals surface area contributed by atoms with Gasteiger partial charge in [0.1, 0.15) is 12.0 Å². The second kappa shape index (κ2) is 6.64. The van der Waals surface area contributed by atoms with Crippen molar-refractivity contribution in [2.45, 2.75) is 12.3 Å². The van der Waals surface area contributed by atoms with E-state index in [2.05, 4.69) is 26.1 Å². The molecule has 4 rings (SSSR count). The molecular weight excluding hydrogens is 356 g/mol. The van der Waals surface area contributed by atoms with Crippen LogP contribution in [0.3, 0.4) is 0 Å². The molecule has 2 aliphatic heterocycles. The Hall–Kier alpha value is -3.13. The van der Waals surface area contributed by atoms with Crippen molar-refractivity contribution in [3.63, 3.8) is 0 Å². The van der Waals surface area contributed by atoms with Crippen LogP contribution < -0.4 is 16.1 Å². The number of hydrogen-bond donors (Lipinski definition) is 3. The van der Waals surface area contributed by atoms with Gasteiger partial charge in [0.25, 0.3) is 5.69 Å². The predicted octanol–water partition coefficient (Wildman–Crippen LogP) is 3.46. The number of pyridine rings is 1. The van der Waals surface area contributed by atoms with E-state index in [9.17, 15) is 10.1 Å². The molecule has 132 valence electrons. The Labute approximate surface area is 154 Å². The van der Waals surface area contributed by atoms with Crippen LogP contribution >= 0.6 is 11.6 Å². The maximum atomic E-state index is 10.7. The highest BCUT2D eigenvalue weighted by molar-refractivity contribution is 6.30. The van der Waals surface area contributed by atoms with Gasteiger partial charge in [-0.3, -0.25) is 15.5 Å². The molecule has 3 heterocycles. The Balaban J connectivity index is 1.63. The molecule has 2 aliphatic rings. The largest absolute Gasteiger partial charge is 0.389 e. The summed E-state index contributed by atoms with van der Waals surface area (Å²) in [4.78, 5) is 14.3. The Kier molecular flexibility index (Phi) is 4.18. The lowest BCUT2D eigenvalue weighted by atomic mass is 9.92. The molecule has 0 fully saturated rings. The number of nitrogens with zero attached hydrogens (tertiary/aromatic N) is 3. The molecule has 3 N–H and O–H groups in total. The number of aromatic nitrogens is 1. The summed E-state index contributed by atoms with van der Waals surface area (Å²) < 4.78 is 0. The van der Waals surface area contributed by atoms with Crippen molar-refractivity contribution in [3.05, 3.63) is 69.1 Å². The molecular formula is C17H15ClN6O2. The second-order valence-electron chi connectivity index (χ2n) is 5.97. The number of hydrogen-bond acceptors (Lipinski definition) is 7. The first-order chi connectivity index (χ1) is 12.6. The van der Waals surface area contributed by atoms with Crippen LogP contribution in [0.15, 0.2) is 53.5 Å². The van der Waals surface area contributed by atoms with Crippen LogP contribution in [0.5, 0.6) is 0 Å². The number of fused-ring (bicyclic) bond motifs is 3. The maximum Gasteiger partial charge on any atom is 0.287 e. The minimum absolute atomic E-state index is 0.0238. The standard InChI is InChI=1S/C17H15ClN6O2/c18-10-1-3-13-12(7-10)17-14(5-6-19-9-15(17)21-13)22-23-16-4-2-11(8-20-16)24(25)26/h1-4,7-9,17,19,21H,5-6H2,(H,20,23). The van der Waals surface area contributed by atoms with Crippen molar-refractivity contribution < 1.29 is 4.92 Å². The van der Waals surface area contributed by atoms with Gasteiger partial charge in [0.2, 0.25) is 0 Å². The predicted molar refractivity (Wildman–Crippen MR) is 100 cm³/mol. The van der Waals surface area contributed by atoms with E-state index in [1.807, 2.05) is 24.4 Å².